The molecule has 12 heteroatoms. The number of nitrogens with one attached hydrogen (secondary N) is 1. The Balaban J connectivity index is 2.32. The first kappa shape index (κ1) is 28.0. The summed E-state index contributed by atoms with van der Waals surface area (Å²) < 4.78 is 113. The first-order valence-corrected chi connectivity index (χ1v) is 12.6. The van der Waals surface area contributed by atoms with Crippen LogP contribution >= 0.6 is 0 Å². The summed E-state index contributed by atoms with van der Waals surface area (Å²) in [6, 6.07) is 2.35. The van der Waals surface area contributed by atoms with Gasteiger partial charge in [-0.05, 0) is 37.5 Å². The van der Waals surface area contributed by atoms with Gasteiger partial charge < -0.3 is 4.57 Å². The summed E-state index contributed by atoms with van der Waals surface area (Å²) in [6.45, 7) is 8.46. The molecule has 0 aliphatic carbocycles. The molecule has 2 aromatic heterocycles. The zero-order chi connectivity index (χ0) is 27.2. The summed E-state index contributed by atoms with van der Waals surface area (Å²) in [5.41, 5.74) is -2.59. The van der Waals surface area contributed by atoms with Crippen LogP contribution in [0.15, 0.2) is 36.7 Å². The monoisotopic (exact) mass is 535 g/mol. The maximum Gasteiger partial charge on any atom is 0.433 e. The van der Waals surface area contributed by atoms with Crippen LogP contribution in [0.25, 0.3) is 22.0 Å². The van der Waals surface area contributed by atoms with Crippen LogP contribution in [-0.4, -0.2) is 29.6 Å². The molecular weight excluding hydrogens is 508 g/mol. The molecule has 0 saturated carbocycles. The average Bonchev–Trinajstić information content (AvgIpc) is 3.05. The normalized spacial score (nSPS) is 14.2. The van der Waals surface area contributed by atoms with E-state index in [2.05, 4.69) is 4.98 Å². The van der Waals surface area contributed by atoms with Crippen molar-refractivity contribution in [2.75, 3.05) is 0 Å². The minimum atomic E-state index is -4.85. The van der Waals surface area contributed by atoms with Gasteiger partial charge in [-0.15, -0.1) is 0 Å². The number of hydrogen-bond donors (Lipinski definition) is 1. The van der Waals surface area contributed by atoms with Crippen LogP contribution in [0, 0.1) is 11.2 Å². The Morgan fingerprint density at radius 2 is 1.72 bits per heavy atom. The van der Waals surface area contributed by atoms with Crippen molar-refractivity contribution >= 4 is 20.9 Å². The standard InChI is InChI=1S/C24H27F6N3O2S/c1-13(2)36(34,35)32-20(22(26)27)17-11-33(12-23(3,4)5)19-10-15(18(25)9-16(17)19)14-7-6-8-31-21(14)24(28,29)30/h6-11,13,20,22,32H,12H2,1-5H3/t20-/m0/s1. The van der Waals surface area contributed by atoms with Crippen molar-refractivity contribution in [3.8, 4) is 11.1 Å². The third-order valence-corrected chi connectivity index (χ3v) is 7.33. The first-order valence-electron chi connectivity index (χ1n) is 11.1. The van der Waals surface area contributed by atoms with E-state index in [1.807, 2.05) is 25.5 Å². The lowest BCUT2D eigenvalue weighted by Gasteiger charge is -2.20. The second-order valence-electron chi connectivity index (χ2n) is 10.0. The second-order valence-corrected chi connectivity index (χ2v) is 12.3. The molecule has 0 fully saturated rings. The molecule has 0 spiro atoms. The Morgan fingerprint density at radius 1 is 1.08 bits per heavy atom. The number of nitrogens with zero attached hydrogens (tertiary/aromatic N) is 2. The van der Waals surface area contributed by atoms with Crippen LogP contribution in [0.3, 0.4) is 0 Å². The van der Waals surface area contributed by atoms with E-state index in [1.54, 1.807) is 0 Å². The molecule has 0 radical (unpaired) electrons. The van der Waals surface area contributed by atoms with Gasteiger partial charge in [0, 0.05) is 46.5 Å². The number of rotatable bonds is 7. The molecule has 0 bridgehead atoms. The molecular formula is C24H27F6N3O2S. The van der Waals surface area contributed by atoms with Crippen molar-refractivity contribution in [1.29, 1.82) is 0 Å². The van der Waals surface area contributed by atoms with Gasteiger partial charge in [-0.2, -0.15) is 13.2 Å². The van der Waals surface area contributed by atoms with Crippen molar-refractivity contribution in [1.82, 2.24) is 14.3 Å². The van der Waals surface area contributed by atoms with E-state index in [0.717, 1.165) is 24.4 Å². The highest BCUT2D eigenvalue weighted by molar-refractivity contribution is 7.90. The number of hydrogen-bond acceptors (Lipinski definition) is 3. The number of sulfonamides is 1. The highest BCUT2D eigenvalue weighted by atomic mass is 32.2. The van der Waals surface area contributed by atoms with E-state index in [-0.39, 0.29) is 23.0 Å². The zero-order valence-electron chi connectivity index (χ0n) is 20.3. The van der Waals surface area contributed by atoms with E-state index >= 15 is 4.39 Å². The highest BCUT2D eigenvalue weighted by Crippen LogP contribution is 2.40. The lowest BCUT2D eigenvalue weighted by Crippen LogP contribution is -2.37. The van der Waals surface area contributed by atoms with Gasteiger partial charge in [-0.25, -0.2) is 26.3 Å². The third kappa shape index (κ3) is 5.86. The van der Waals surface area contributed by atoms with Crippen molar-refractivity contribution in [2.45, 2.75) is 65.1 Å². The number of benzene rings is 1. The van der Waals surface area contributed by atoms with Gasteiger partial charge in [0.25, 0.3) is 6.43 Å². The van der Waals surface area contributed by atoms with E-state index in [1.165, 1.54) is 30.7 Å². The molecule has 1 aromatic carbocycles. The Kier molecular flexibility index (Phi) is 7.54. The minimum absolute atomic E-state index is 0.0327. The smallest absolute Gasteiger partial charge is 0.347 e. The van der Waals surface area contributed by atoms with E-state index in [0.29, 0.717) is 0 Å². The summed E-state index contributed by atoms with van der Waals surface area (Å²) in [5.74, 6) is -1.09. The molecule has 198 valence electrons. The molecule has 0 aliphatic heterocycles. The summed E-state index contributed by atoms with van der Waals surface area (Å²) in [5, 5.41) is -1.04. The topological polar surface area (TPSA) is 64.0 Å². The SMILES string of the molecule is CC(C)S(=O)(=O)N[C@@H](c1cn(CC(C)(C)C)c2cc(-c3cccnc3C(F)(F)F)c(F)cc12)C(F)F. The molecule has 0 unspecified atom stereocenters. The van der Waals surface area contributed by atoms with Crippen LogP contribution in [0.1, 0.15) is 51.9 Å². The third-order valence-electron chi connectivity index (χ3n) is 5.51. The minimum Gasteiger partial charge on any atom is -0.347 e. The summed E-state index contributed by atoms with van der Waals surface area (Å²) in [4.78, 5) is 3.37. The zero-order valence-corrected chi connectivity index (χ0v) is 21.1. The molecule has 1 atom stereocenters. The molecule has 1 N–H and O–H groups in total. The van der Waals surface area contributed by atoms with Crippen LogP contribution in [0.5, 0.6) is 0 Å². The van der Waals surface area contributed by atoms with Crippen molar-refractivity contribution in [3.05, 3.63) is 53.7 Å². The van der Waals surface area contributed by atoms with Gasteiger partial charge in [-0.1, -0.05) is 26.8 Å². The number of aromatic nitrogens is 2. The lowest BCUT2D eigenvalue weighted by molar-refractivity contribution is -0.140. The Hall–Kier alpha value is -2.60. The van der Waals surface area contributed by atoms with Gasteiger partial charge in [-0.3, -0.25) is 4.98 Å². The molecule has 3 aromatic rings. The Labute approximate surface area is 205 Å². The molecule has 0 aliphatic rings. The predicted molar refractivity (Wildman–Crippen MR) is 126 cm³/mol. The summed E-state index contributed by atoms with van der Waals surface area (Å²) in [7, 11) is -4.13. The molecule has 2 heterocycles. The fourth-order valence-corrected chi connectivity index (χ4v) is 4.70. The number of alkyl halides is 5. The van der Waals surface area contributed by atoms with Crippen LogP contribution < -0.4 is 4.72 Å². The fraction of sp³-hybridized carbons (Fsp3) is 0.458. The molecule has 0 amide bonds. The van der Waals surface area contributed by atoms with Crippen LogP contribution in [0.2, 0.25) is 0 Å². The van der Waals surface area contributed by atoms with Crippen LogP contribution in [0.4, 0.5) is 26.3 Å². The van der Waals surface area contributed by atoms with E-state index < -0.39 is 62.0 Å². The highest BCUT2D eigenvalue weighted by Gasteiger charge is 2.37. The van der Waals surface area contributed by atoms with Crippen molar-refractivity contribution in [2.24, 2.45) is 5.41 Å². The van der Waals surface area contributed by atoms with Crippen molar-refractivity contribution in [3.63, 3.8) is 0 Å². The summed E-state index contributed by atoms with van der Waals surface area (Å²) >= 11 is 0. The van der Waals surface area contributed by atoms with Gasteiger partial charge in [0.05, 0.1) is 5.25 Å². The maximum atomic E-state index is 15.3. The molecule has 5 nitrogen and oxygen atoms in total. The van der Waals surface area contributed by atoms with Crippen LogP contribution in [-0.2, 0) is 22.7 Å². The Morgan fingerprint density at radius 3 is 2.25 bits per heavy atom. The van der Waals surface area contributed by atoms with Gasteiger partial charge >= 0.3 is 6.18 Å². The van der Waals surface area contributed by atoms with Gasteiger partial charge in [0.15, 0.2) is 5.69 Å². The molecule has 0 saturated heterocycles. The largest absolute Gasteiger partial charge is 0.433 e. The second kappa shape index (κ2) is 9.70. The van der Waals surface area contributed by atoms with E-state index in [9.17, 15) is 30.4 Å². The fourth-order valence-electron chi connectivity index (χ4n) is 3.85. The average molecular weight is 536 g/mol. The van der Waals surface area contributed by atoms with E-state index in [4.69, 9.17) is 0 Å². The number of fused-ring (bicyclic) bond motifs is 1. The first-order chi connectivity index (χ1) is 16.4. The van der Waals surface area contributed by atoms with Crippen molar-refractivity contribution < 1.29 is 34.8 Å². The number of halogens is 6. The maximum absolute atomic E-state index is 15.3. The predicted octanol–water partition coefficient (Wildman–Crippen LogP) is 6.54. The van der Waals surface area contributed by atoms with Gasteiger partial charge in [0.1, 0.15) is 11.9 Å². The molecule has 3 rings (SSSR count). The van der Waals surface area contributed by atoms with Gasteiger partial charge in [0.2, 0.25) is 10.0 Å². The Bertz CT molecular complexity index is 1360. The molecule has 36 heavy (non-hydrogen) atoms. The number of pyridine rings is 1. The lowest BCUT2D eigenvalue weighted by atomic mass is 9.96. The summed E-state index contributed by atoms with van der Waals surface area (Å²) in [6.07, 6.45) is -5.79. The quantitative estimate of drug-likeness (QED) is 0.350.